The van der Waals surface area contributed by atoms with Crippen molar-refractivity contribution in [2.75, 3.05) is 22.9 Å². The van der Waals surface area contributed by atoms with Crippen molar-refractivity contribution in [2.45, 2.75) is 13.8 Å². The van der Waals surface area contributed by atoms with Crippen LogP contribution in [-0.2, 0) is 10.0 Å². The summed E-state index contributed by atoms with van der Waals surface area (Å²) in [6.07, 6.45) is 1.12. The lowest BCUT2D eigenvalue weighted by Gasteiger charge is -2.20. The largest absolute Gasteiger partial charge is 0.322 e. The van der Waals surface area contributed by atoms with Crippen LogP contribution in [0.4, 0.5) is 11.4 Å². The molecule has 24 heavy (non-hydrogen) atoms. The maximum Gasteiger partial charge on any atom is 0.256 e. The molecular weight excluding hydrogens is 348 g/mol. The van der Waals surface area contributed by atoms with E-state index in [0.717, 1.165) is 16.1 Å². The molecule has 2 aromatic rings. The smallest absolute Gasteiger partial charge is 0.256 e. The lowest BCUT2D eigenvalue weighted by atomic mass is 10.1. The molecule has 0 unspecified atom stereocenters. The summed E-state index contributed by atoms with van der Waals surface area (Å²) in [5, 5.41) is 3.35. The summed E-state index contributed by atoms with van der Waals surface area (Å²) in [6.45, 7) is 3.59. The maximum atomic E-state index is 12.5. The highest BCUT2D eigenvalue weighted by atomic mass is 35.5. The molecule has 0 saturated carbocycles. The zero-order chi connectivity index (χ0) is 18.1. The van der Waals surface area contributed by atoms with Crippen molar-refractivity contribution in [1.82, 2.24) is 0 Å². The van der Waals surface area contributed by atoms with Crippen molar-refractivity contribution < 1.29 is 13.2 Å². The van der Waals surface area contributed by atoms with Gasteiger partial charge in [0.15, 0.2) is 0 Å². The van der Waals surface area contributed by atoms with Gasteiger partial charge in [-0.2, -0.15) is 0 Å². The van der Waals surface area contributed by atoms with Crippen LogP contribution >= 0.6 is 11.6 Å². The Balaban J connectivity index is 2.35. The molecule has 7 heteroatoms. The summed E-state index contributed by atoms with van der Waals surface area (Å²) in [4.78, 5) is 12.5. The minimum Gasteiger partial charge on any atom is -0.322 e. The monoisotopic (exact) mass is 366 g/mol. The lowest BCUT2D eigenvalue weighted by molar-refractivity contribution is 0.102. The Bertz CT molecular complexity index is 895. The van der Waals surface area contributed by atoms with E-state index in [1.54, 1.807) is 37.3 Å². The van der Waals surface area contributed by atoms with Crippen LogP contribution in [0.5, 0.6) is 0 Å². The van der Waals surface area contributed by atoms with E-state index in [1.165, 1.54) is 7.05 Å². The molecule has 1 amide bonds. The van der Waals surface area contributed by atoms with Crippen LogP contribution in [0.25, 0.3) is 0 Å². The van der Waals surface area contributed by atoms with Crippen LogP contribution in [0.15, 0.2) is 36.4 Å². The molecule has 0 aromatic heterocycles. The summed E-state index contributed by atoms with van der Waals surface area (Å²) in [5.74, 6) is -0.323. The molecule has 0 radical (unpaired) electrons. The highest BCUT2D eigenvalue weighted by Crippen LogP contribution is 2.25. The maximum absolute atomic E-state index is 12.5. The number of nitrogens with one attached hydrogen (secondary N) is 1. The van der Waals surface area contributed by atoms with Crippen molar-refractivity contribution in [3.8, 4) is 0 Å². The van der Waals surface area contributed by atoms with E-state index >= 15 is 0 Å². The topological polar surface area (TPSA) is 66.5 Å². The molecule has 0 aliphatic carbocycles. The van der Waals surface area contributed by atoms with Crippen LogP contribution in [0, 0.1) is 13.8 Å². The van der Waals surface area contributed by atoms with E-state index < -0.39 is 10.0 Å². The Morgan fingerprint density at radius 2 is 1.83 bits per heavy atom. The predicted octanol–water partition coefficient (Wildman–Crippen LogP) is 3.60. The minimum atomic E-state index is -3.41. The van der Waals surface area contributed by atoms with Crippen molar-refractivity contribution in [2.24, 2.45) is 0 Å². The van der Waals surface area contributed by atoms with E-state index in [1.807, 2.05) is 13.0 Å². The molecule has 0 aliphatic rings. The lowest BCUT2D eigenvalue weighted by Crippen LogP contribution is -2.26. The second kappa shape index (κ2) is 6.83. The van der Waals surface area contributed by atoms with Crippen LogP contribution < -0.4 is 9.62 Å². The third kappa shape index (κ3) is 3.88. The molecule has 2 aromatic carbocycles. The van der Waals surface area contributed by atoms with Crippen LogP contribution in [0.3, 0.4) is 0 Å². The van der Waals surface area contributed by atoms with E-state index in [4.69, 9.17) is 11.6 Å². The predicted molar refractivity (Wildman–Crippen MR) is 98.6 cm³/mol. The zero-order valence-electron chi connectivity index (χ0n) is 13.9. The number of nitrogens with zero attached hydrogens (tertiary/aromatic N) is 1. The SMILES string of the molecule is Cc1ccc(NC(=O)c2cccc(N(C)S(C)(=O)=O)c2C)cc1Cl. The molecule has 0 aliphatic heterocycles. The number of benzene rings is 2. The molecule has 0 heterocycles. The normalized spacial score (nSPS) is 11.2. The first-order valence-corrected chi connectivity index (χ1v) is 9.45. The fourth-order valence-electron chi connectivity index (χ4n) is 2.26. The van der Waals surface area contributed by atoms with Gasteiger partial charge in [0.05, 0.1) is 11.9 Å². The number of aryl methyl sites for hydroxylation is 1. The number of carbonyl (C=O) groups is 1. The molecule has 128 valence electrons. The Morgan fingerprint density at radius 1 is 1.17 bits per heavy atom. The number of hydrogen-bond donors (Lipinski definition) is 1. The van der Waals surface area contributed by atoms with Gasteiger partial charge in [-0.05, 0) is 49.2 Å². The highest BCUT2D eigenvalue weighted by Gasteiger charge is 2.18. The molecule has 0 atom stereocenters. The third-order valence-corrected chi connectivity index (χ3v) is 5.42. The Hall–Kier alpha value is -2.05. The van der Waals surface area contributed by atoms with E-state index in [0.29, 0.717) is 27.5 Å². The molecule has 0 fully saturated rings. The highest BCUT2D eigenvalue weighted by molar-refractivity contribution is 7.92. The second-order valence-electron chi connectivity index (χ2n) is 5.60. The number of anilines is 2. The third-order valence-electron chi connectivity index (χ3n) is 3.82. The standard InChI is InChI=1S/C17H19ClN2O3S/c1-11-8-9-13(10-15(11)18)19-17(21)14-6-5-7-16(12(14)2)20(3)24(4,22)23/h5-10H,1-4H3,(H,19,21). The summed E-state index contributed by atoms with van der Waals surface area (Å²) in [5.41, 5.74) is 2.95. The molecular formula is C17H19ClN2O3S. The van der Waals surface area contributed by atoms with Gasteiger partial charge in [-0.15, -0.1) is 0 Å². The van der Waals surface area contributed by atoms with Gasteiger partial charge in [-0.25, -0.2) is 8.42 Å². The number of hydrogen-bond acceptors (Lipinski definition) is 3. The number of rotatable bonds is 4. The minimum absolute atomic E-state index is 0.323. The van der Waals surface area contributed by atoms with Crippen molar-refractivity contribution in [1.29, 1.82) is 0 Å². The van der Waals surface area contributed by atoms with E-state index in [9.17, 15) is 13.2 Å². The van der Waals surface area contributed by atoms with Gasteiger partial charge in [0.1, 0.15) is 0 Å². The first-order chi connectivity index (χ1) is 11.1. The van der Waals surface area contributed by atoms with E-state index in [-0.39, 0.29) is 5.91 Å². The van der Waals surface area contributed by atoms with Crippen molar-refractivity contribution in [3.05, 3.63) is 58.1 Å². The summed E-state index contributed by atoms with van der Waals surface area (Å²) in [7, 11) is -1.95. The van der Waals surface area contributed by atoms with Gasteiger partial charge < -0.3 is 5.32 Å². The molecule has 2 rings (SSSR count). The van der Waals surface area contributed by atoms with Crippen molar-refractivity contribution >= 4 is 38.9 Å². The Morgan fingerprint density at radius 3 is 2.42 bits per heavy atom. The van der Waals surface area contributed by atoms with Crippen LogP contribution in [0.1, 0.15) is 21.5 Å². The molecule has 0 saturated heterocycles. The number of sulfonamides is 1. The van der Waals surface area contributed by atoms with Gasteiger partial charge in [0, 0.05) is 23.3 Å². The van der Waals surface area contributed by atoms with Crippen LogP contribution in [0.2, 0.25) is 5.02 Å². The average Bonchev–Trinajstić information content (AvgIpc) is 2.49. The fourth-order valence-corrected chi connectivity index (χ4v) is 2.99. The summed E-state index contributed by atoms with van der Waals surface area (Å²) >= 11 is 6.07. The van der Waals surface area contributed by atoms with Crippen molar-refractivity contribution in [3.63, 3.8) is 0 Å². The number of halogens is 1. The Labute approximate surface area is 147 Å². The molecule has 0 spiro atoms. The van der Waals surface area contributed by atoms with E-state index in [2.05, 4.69) is 5.32 Å². The van der Waals surface area contributed by atoms with Crippen LogP contribution in [-0.4, -0.2) is 27.6 Å². The number of amides is 1. The quantitative estimate of drug-likeness (QED) is 0.898. The van der Waals surface area contributed by atoms with Gasteiger partial charge in [-0.1, -0.05) is 23.7 Å². The van der Waals surface area contributed by atoms with Gasteiger partial charge in [-0.3, -0.25) is 9.10 Å². The zero-order valence-corrected chi connectivity index (χ0v) is 15.5. The summed E-state index contributed by atoms with van der Waals surface area (Å²) < 4.78 is 24.6. The van der Waals surface area contributed by atoms with Gasteiger partial charge >= 0.3 is 0 Å². The van der Waals surface area contributed by atoms with Gasteiger partial charge in [0.2, 0.25) is 10.0 Å². The number of carbonyl (C=O) groups excluding carboxylic acids is 1. The summed E-state index contributed by atoms with van der Waals surface area (Å²) in [6, 6.07) is 10.2. The first-order valence-electron chi connectivity index (χ1n) is 7.22. The second-order valence-corrected chi connectivity index (χ2v) is 8.02. The Kier molecular flexibility index (Phi) is 5.20. The fraction of sp³-hybridized carbons (Fsp3) is 0.235. The molecule has 0 bridgehead atoms. The molecule has 5 nitrogen and oxygen atoms in total. The average molecular weight is 367 g/mol. The first kappa shape index (κ1) is 18.3. The molecule has 1 N–H and O–H groups in total. The van der Waals surface area contributed by atoms with Gasteiger partial charge in [0.25, 0.3) is 5.91 Å².